The van der Waals surface area contributed by atoms with Crippen LogP contribution in [0.5, 0.6) is 0 Å². The van der Waals surface area contributed by atoms with Crippen molar-refractivity contribution < 1.29 is 13.2 Å². The van der Waals surface area contributed by atoms with Gasteiger partial charge in [0.25, 0.3) is 0 Å². The van der Waals surface area contributed by atoms with Gasteiger partial charge in [-0.05, 0) is 6.42 Å². The van der Waals surface area contributed by atoms with Gasteiger partial charge in [0.15, 0.2) is 9.84 Å². The van der Waals surface area contributed by atoms with Gasteiger partial charge in [0.1, 0.15) is 0 Å². The summed E-state index contributed by atoms with van der Waals surface area (Å²) in [7, 11) is -3.15. The predicted octanol–water partition coefficient (Wildman–Crippen LogP) is 1.02. The molecule has 0 aromatic rings. The molecule has 4 nitrogen and oxygen atoms in total. The first-order valence-electron chi connectivity index (χ1n) is 5.11. The molecule has 0 unspecified atom stereocenters. The lowest BCUT2D eigenvalue weighted by molar-refractivity contribution is -0.117. The van der Waals surface area contributed by atoms with Crippen LogP contribution in [0.1, 0.15) is 32.6 Å². The molecule has 2 N–H and O–H groups in total. The number of sulfone groups is 1. The summed E-state index contributed by atoms with van der Waals surface area (Å²) in [6, 6.07) is 0. The number of hydrogen-bond acceptors (Lipinski definition) is 3. The Bertz CT molecular complexity index is 307. The number of primary amides is 1. The number of carbonyl (C=O) groups excluding carboxylic acids is 1. The van der Waals surface area contributed by atoms with Crippen molar-refractivity contribution in [1.29, 1.82) is 0 Å². The molecule has 0 aliphatic rings. The van der Waals surface area contributed by atoms with Crippen LogP contribution in [0.2, 0.25) is 0 Å². The molecule has 0 saturated carbocycles. The van der Waals surface area contributed by atoms with Crippen LogP contribution in [0.15, 0.2) is 12.2 Å². The Kier molecular flexibility index (Phi) is 7.03. The van der Waals surface area contributed by atoms with Gasteiger partial charge in [-0.2, -0.15) is 0 Å². The van der Waals surface area contributed by atoms with Crippen LogP contribution in [0.4, 0.5) is 0 Å². The second kappa shape index (κ2) is 7.45. The molecule has 0 heterocycles. The number of nitrogens with two attached hydrogens (primary N) is 1. The molecular formula is C10H19NO3S. The van der Waals surface area contributed by atoms with Crippen molar-refractivity contribution in [3.63, 3.8) is 0 Å². The van der Waals surface area contributed by atoms with Crippen molar-refractivity contribution in [2.24, 2.45) is 5.73 Å². The van der Waals surface area contributed by atoms with E-state index in [1.165, 1.54) is 0 Å². The maximum Gasteiger partial charge on any atom is 0.218 e. The largest absolute Gasteiger partial charge is 0.370 e. The van der Waals surface area contributed by atoms with Crippen LogP contribution < -0.4 is 5.73 Å². The van der Waals surface area contributed by atoms with Gasteiger partial charge < -0.3 is 5.73 Å². The Balaban J connectivity index is 3.83. The minimum atomic E-state index is -3.15. The normalized spacial score (nSPS) is 12.1. The maximum atomic E-state index is 11.3. The molecular weight excluding hydrogens is 214 g/mol. The number of rotatable bonds is 8. The van der Waals surface area contributed by atoms with Crippen molar-refractivity contribution in [2.75, 3.05) is 11.5 Å². The third kappa shape index (κ3) is 9.46. The van der Waals surface area contributed by atoms with E-state index in [1.54, 1.807) is 6.08 Å². The minimum absolute atomic E-state index is 0.00396. The van der Waals surface area contributed by atoms with E-state index in [2.05, 4.69) is 6.92 Å². The number of allylic oxidation sites excluding steroid dienone is 1. The Hall–Kier alpha value is -0.840. The molecule has 0 atom stereocenters. The highest BCUT2D eigenvalue weighted by atomic mass is 32.2. The zero-order valence-electron chi connectivity index (χ0n) is 9.11. The third-order valence-corrected chi connectivity index (χ3v) is 3.43. The van der Waals surface area contributed by atoms with E-state index >= 15 is 0 Å². The summed E-state index contributed by atoms with van der Waals surface area (Å²) >= 11 is 0. The SMILES string of the molecule is CCCCC=CCS(=O)(=O)CCC(N)=O. The Labute approximate surface area is 91.5 Å². The van der Waals surface area contributed by atoms with Crippen molar-refractivity contribution in [1.82, 2.24) is 0 Å². The molecule has 0 bridgehead atoms. The summed E-state index contributed by atoms with van der Waals surface area (Å²) in [4.78, 5) is 10.4. The molecule has 0 aliphatic carbocycles. The molecule has 0 spiro atoms. The summed E-state index contributed by atoms with van der Waals surface area (Å²) in [6.45, 7) is 2.08. The molecule has 0 aliphatic heterocycles. The summed E-state index contributed by atoms with van der Waals surface area (Å²) in [5, 5.41) is 0. The average Bonchev–Trinajstić information content (AvgIpc) is 2.15. The van der Waals surface area contributed by atoms with E-state index < -0.39 is 15.7 Å². The number of hydrogen-bond donors (Lipinski definition) is 1. The van der Waals surface area contributed by atoms with Gasteiger partial charge in [0.2, 0.25) is 5.91 Å². The van der Waals surface area contributed by atoms with Gasteiger partial charge in [0.05, 0.1) is 11.5 Å². The fourth-order valence-electron chi connectivity index (χ4n) is 0.994. The monoisotopic (exact) mass is 233 g/mol. The lowest BCUT2D eigenvalue weighted by Crippen LogP contribution is -2.18. The molecule has 15 heavy (non-hydrogen) atoms. The lowest BCUT2D eigenvalue weighted by atomic mass is 10.2. The highest BCUT2D eigenvalue weighted by molar-refractivity contribution is 7.91. The van der Waals surface area contributed by atoms with E-state index in [4.69, 9.17) is 5.73 Å². The average molecular weight is 233 g/mol. The quantitative estimate of drug-likeness (QED) is 0.502. The van der Waals surface area contributed by atoms with Crippen LogP contribution in [-0.4, -0.2) is 25.8 Å². The first-order chi connectivity index (χ1) is 6.98. The number of amides is 1. The van der Waals surface area contributed by atoms with Crippen molar-refractivity contribution in [2.45, 2.75) is 32.6 Å². The minimum Gasteiger partial charge on any atom is -0.370 e. The molecule has 0 aromatic heterocycles. The van der Waals surface area contributed by atoms with E-state index in [0.29, 0.717) is 0 Å². The molecule has 88 valence electrons. The zero-order chi connectivity index (χ0) is 11.7. The van der Waals surface area contributed by atoms with Gasteiger partial charge in [-0.1, -0.05) is 31.9 Å². The molecule has 1 amide bonds. The molecule has 0 fully saturated rings. The van der Waals surface area contributed by atoms with Crippen LogP contribution in [0, 0.1) is 0 Å². The Morgan fingerprint density at radius 3 is 2.53 bits per heavy atom. The van der Waals surface area contributed by atoms with Crippen LogP contribution in [-0.2, 0) is 14.6 Å². The van der Waals surface area contributed by atoms with Crippen LogP contribution >= 0.6 is 0 Å². The van der Waals surface area contributed by atoms with Crippen molar-refractivity contribution in [3.05, 3.63) is 12.2 Å². The van der Waals surface area contributed by atoms with Gasteiger partial charge >= 0.3 is 0 Å². The number of carbonyl (C=O) groups is 1. The number of unbranched alkanes of at least 4 members (excludes halogenated alkanes) is 2. The summed E-state index contributed by atoms with van der Waals surface area (Å²) < 4.78 is 22.6. The fourth-order valence-corrected chi connectivity index (χ4v) is 2.10. The fraction of sp³-hybridized carbons (Fsp3) is 0.700. The van der Waals surface area contributed by atoms with Gasteiger partial charge in [-0.15, -0.1) is 0 Å². The molecule has 0 aromatic carbocycles. The maximum absolute atomic E-state index is 11.3. The van der Waals surface area contributed by atoms with E-state index in [1.807, 2.05) is 6.08 Å². The first-order valence-corrected chi connectivity index (χ1v) is 6.94. The topological polar surface area (TPSA) is 77.2 Å². The summed E-state index contributed by atoms with van der Waals surface area (Å²) in [6.07, 6.45) is 6.49. The third-order valence-electron chi connectivity index (χ3n) is 1.90. The van der Waals surface area contributed by atoms with Gasteiger partial charge in [0, 0.05) is 6.42 Å². The molecule has 0 rings (SSSR count). The second-order valence-electron chi connectivity index (χ2n) is 3.44. The smallest absolute Gasteiger partial charge is 0.218 e. The second-order valence-corrected chi connectivity index (χ2v) is 5.67. The Morgan fingerprint density at radius 1 is 1.33 bits per heavy atom. The standard InChI is InChI=1S/C10H19NO3S/c1-2-3-4-5-6-8-15(13,14)9-7-10(11)12/h5-6H,2-4,7-9H2,1H3,(H2,11,12). The predicted molar refractivity (Wildman–Crippen MR) is 61.1 cm³/mol. The summed E-state index contributed by atoms with van der Waals surface area (Å²) in [5.41, 5.74) is 4.87. The molecule has 0 radical (unpaired) electrons. The van der Waals surface area contributed by atoms with E-state index in [9.17, 15) is 13.2 Å². The van der Waals surface area contributed by atoms with Crippen molar-refractivity contribution in [3.8, 4) is 0 Å². The van der Waals surface area contributed by atoms with E-state index in [0.717, 1.165) is 19.3 Å². The highest BCUT2D eigenvalue weighted by Crippen LogP contribution is 1.98. The lowest BCUT2D eigenvalue weighted by Gasteiger charge is -1.98. The molecule has 0 saturated heterocycles. The van der Waals surface area contributed by atoms with E-state index in [-0.39, 0.29) is 17.9 Å². The first kappa shape index (κ1) is 14.2. The van der Waals surface area contributed by atoms with Crippen molar-refractivity contribution >= 4 is 15.7 Å². The van der Waals surface area contributed by atoms with Gasteiger partial charge in [-0.3, -0.25) is 4.79 Å². The molecule has 5 heteroatoms. The van der Waals surface area contributed by atoms with Crippen LogP contribution in [0.25, 0.3) is 0 Å². The Morgan fingerprint density at radius 2 is 2.00 bits per heavy atom. The highest BCUT2D eigenvalue weighted by Gasteiger charge is 2.09. The van der Waals surface area contributed by atoms with Gasteiger partial charge in [-0.25, -0.2) is 8.42 Å². The van der Waals surface area contributed by atoms with Crippen LogP contribution in [0.3, 0.4) is 0 Å². The summed E-state index contributed by atoms with van der Waals surface area (Å²) in [5.74, 6) is -0.724. The zero-order valence-corrected chi connectivity index (χ0v) is 9.92.